The highest BCUT2D eigenvalue weighted by Crippen LogP contribution is 2.30. The summed E-state index contributed by atoms with van der Waals surface area (Å²) in [5.41, 5.74) is 0.890. The van der Waals surface area contributed by atoms with Gasteiger partial charge in [0.2, 0.25) is 0 Å². The molecule has 0 radical (unpaired) electrons. The van der Waals surface area contributed by atoms with Crippen LogP contribution in [0.5, 0.6) is 0 Å². The fourth-order valence-corrected chi connectivity index (χ4v) is 2.87. The molecule has 1 atom stereocenters. The average molecular weight is 280 g/mol. The normalized spacial score (nSPS) is 23.1. The maximum absolute atomic E-state index is 14.2. The van der Waals surface area contributed by atoms with E-state index in [4.69, 9.17) is 0 Å². The second-order valence-corrected chi connectivity index (χ2v) is 5.95. The van der Waals surface area contributed by atoms with Gasteiger partial charge in [-0.25, -0.2) is 4.39 Å². The number of hydrogen-bond donors (Lipinski definition) is 2. The molecule has 4 heteroatoms. The Bertz CT molecular complexity index is 448. The molecule has 0 saturated carbocycles. The number of nitrogens with one attached hydrogen (secondary N) is 1. The van der Waals surface area contributed by atoms with Crippen LogP contribution in [-0.4, -0.2) is 30.3 Å². The van der Waals surface area contributed by atoms with Crippen LogP contribution in [0.15, 0.2) is 18.2 Å². The highest BCUT2D eigenvalue weighted by atomic mass is 19.1. The van der Waals surface area contributed by atoms with Crippen LogP contribution in [0.4, 0.5) is 10.1 Å². The standard InChI is InChI=1S/C16H25FN2O/c1-3-9-18-11-13-6-4-7-14(17)15(13)19-10-5-8-16(2,20)12-19/h4,6-7,18,20H,3,5,8-12H2,1-2H3. The molecule has 0 aromatic heterocycles. The van der Waals surface area contributed by atoms with Crippen molar-refractivity contribution in [1.29, 1.82) is 0 Å². The summed E-state index contributed by atoms with van der Waals surface area (Å²) in [6.07, 6.45) is 2.73. The molecule has 112 valence electrons. The van der Waals surface area contributed by atoms with Crippen LogP contribution in [-0.2, 0) is 6.54 Å². The summed E-state index contributed by atoms with van der Waals surface area (Å²) < 4.78 is 14.2. The molecule has 2 N–H and O–H groups in total. The number of rotatable bonds is 5. The smallest absolute Gasteiger partial charge is 0.146 e. The number of aliphatic hydroxyl groups is 1. The van der Waals surface area contributed by atoms with Gasteiger partial charge in [0.25, 0.3) is 0 Å². The van der Waals surface area contributed by atoms with Gasteiger partial charge in [-0.15, -0.1) is 0 Å². The summed E-state index contributed by atoms with van der Waals surface area (Å²) >= 11 is 0. The molecule has 1 fully saturated rings. The topological polar surface area (TPSA) is 35.5 Å². The third-order valence-electron chi connectivity index (χ3n) is 3.80. The van der Waals surface area contributed by atoms with Crippen LogP contribution in [0.3, 0.4) is 0 Å². The minimum Gasteiger partial charge on any atom is -0.388 e. The fraction of sp³-hybridized carbons (Fsp3) is 0.625. The Balaban J connectivity index is 2.20. The molecule has 0 amide bonds. The molecule has 2 rings (SSSR count). The van der Waals surface area contributed by atoms with E-state index in [1.807, 2.05) is 17.9 Å². The van der Waals surface area contributed by atoms with Crippen LogP contribution >= 0.6 is 0 Å². The average Bonchev–Trinajstić information content (AvgIpc) is 2.38. The van der Waals surface area contributed by atoms with Crippen molar-refractivity contribution < 1.29 is 9.50 Å². The molecular formula is C16H25FN2O. The van der Waals surface area contributed by atoms with Gasteiger partial charge in [-0.1, -0.05) is 19.1 Å². The van der Waals surface area contributed by atoms with Crippen LogP contribution in [0.25, 0.3) is 0 Å². The van der Waals surface area contributed by atoms with Gasteiger partial charge < -0.3 is 15.3 Å². The van der Waals surface area contributed by atoms with Crippen LogP contribution in [0.1, 0.15) is 38.7 Å². The van der Waals surface area contributed by atoms with E-state index in [9.17, 15) is 9.50 Å². The molecule has 0 aliphatic carbocycles. The lowest BCUT2D eigenvalue weighted by atomic mass is 9.94. The number of hydrogen-bond acceptors (Lipinski definition) is 3. The van der Waals surface area contributed by atoms with E-state index in [0.717, 1.165) is 37.9 Å². The number of anilines is 1. The van der Waals surface area contributed by atoms with Gasteiger partial charge in [0, 0.05) is 19.6 Å². The summed E-state index contributed by atoms with van der Waals surface area (Å²) in [6, 6.07) is 5.22. The maximum atomic E-state index is 14.2. The Morgan fingerprint density at radius 3 is 2.95 bits per heavy atom. The van der Waals surface area contributed by atoms with Crippen LogP contribution < -0.4 is 10.2 Å². The monoisotopic (exact) mass is 280 g/mol. The lowest BCUT2D eigenvalue weighted by Crippen LogP contribution is -2.46. The van der Waals surface area contributed by atoms with E-state index < -0.39 is 5.60 Å². The Labute approximate surface area is 120 Å². The predicted octanol–water partition coefficient (Wildman–Crippen LogP) is 2.68. The predicted molar refractivity (Wildman–Crippen MR) is 80.5 cm³/mol. The van der Waals surface area contributed by atoms with Crippen molar-refractivity contribution in [2.45, 2.75) is 45.3 Å². The Morgan fingerprint density at radius 1 is 1.45 bits per heavy atom. The summed E-state index contributed by atoms with van der Waals surface area (Å²) in [5, 5.41) is 13.5. The summed E-state index contributed by atoms with van der Waals surface area (Å²) in [6.45, 7) is 6.83. The van der Waals surface area contributed by atoms with Gasteiger partial charge in [0.15, 0.2) is 0 Å². The SMILES string of the molecule is CCCNCc1cccc(F)c1N1CCCC(C)(O)C1. The zero-order valence-electron chi connectivity index (χ0n) is 12.5. The number of halogens is 1. The fourth-order valence-electron chi connectivity index (χ4n) is 2.87. The van der Waals surface area contributed by atoms with Crippen LogP contribution in [0.2, 0.25) is 0 Å². The first kappa shape index (κ1) is 15.3. The molecule has 1 unspecified atom stereocenters. The first-order valence-electron chi connectivity index (χ1n) is 7.49. The van der Waals surface area contributed by atoms with Crippen molar-refractivity contribution in [1.82, 2.24) is 5.32 Å². The lowest BCUT2D eigenvalue weighted by molar-refractivity contribution is 0.0447. The van der Waals surface area contributed by atoms with Gasteiger partial charge in [0.05, 0.1) is 11.3 Å². The lowest BCUT2D eigenvalue weighted by Gasteiger charge is -2.39. The number of β-amino-alcohol motifs (C(OH)–C–C–N with tert-alkyl or cyclic N) is 1. The van der Waals surface area contributed by atoms with E-state index in [2.05, 4.69) is 12.2 Å². The summed E-state index contributed by atoms with van der Waals surface area (Å²) in [5.74, 6) is -0.196. The number of benzene rings is 1. The van der Waals surface area contributed by atoms with E-state index in [1.54, 1.807) is 6.07 Å². The summed E-state index contributed by atoms with van der Waals surface area (Å²) in [4.78, 5) is 1.99. The Hall–Kier alpha value is -1.13. The Morgan fingerprint density at radius 2 is 2.25 bits per heavy atom. The largest absolute Gasteiger partial charge is 0.388 e. The molecular weight excluding hydrogens is 255 g/mol. The van der Waals surface area contributed by atoms with Crippen molar-refractivity contribution in [2.24, 2.45) is 0 Å². The van der Waals surface area contributed by atoms with E-state index in [1.165, 1.54) is 6.07 Å². The van der Waals surface area contributed by atoms with Crippen molar-refractivity contribution in [3.05, 3.63) is 29.6 Å². The quantitative estimate of drug-likeness (QED) is 0.814. The van der Waals surface area contributed by atoms with E-state index >= 15 is 0 Å². The van der Waals surface area contributed by atoms with E-state index in [0.29, 0.717) is 18.8 Å². The van der Waals surface area contributed by atoms with Gasteiger partial charge >= 0.3 is 0 Å². The second-order valence-electron chi connectivity index (χ2n) is 5.95. The number of para-hydroxylation sites is 1. The van der Waals surface area contributed by atoms with Crippen molar-refractivity contribution >= 4 is 5.69 Å². The first-order valence-corrected chi connectivity index (χ1v) is 7.49. The van der Waals surface area contributed by atoms with Crippen molar-refractivity contribution in [3.63, 3.8) is 0 Å². The number of piperidine rings is 1. The molecule has 1 saturated heterocycles. The molecule has 0 spiro atoms. The zero-order chi connectivity index (χ0) is 14.6. The Kier molecular flexibility index (Phi) is 5.00. The second kappa shape index (κ2) is 6.55. The maximum Gasteiger partial charge on any atom is 0.146 e. The van der Waals surface area contributed by atoms with Gasteiger partial charge in [-0.2, -0.15) is 0 Å². The minimum absolute atomic E-state index is 0.196. The molecule has 1 aromatic rings. The highest BCUT2D eigenvalue weighted by Gasteiger charge is 2.30. The van der Waals surface area contributed by atoms with Gasteiger partial charge in [-0.3, -0.25) is 0 Å². The molecule has 1 heterocycles. The third kappa shape index (κ3) is 3.70. The molecule has 1 aromatic carbocycles. The molecule has 20 heavy (non-hydrogen) atoms. The summed E-state index contributed by atoms with van der Waals surface area (Å²) in [7, 11) is 0. The third-order valence-corrected chi connectivity index (χ3v) is 3.80. The van der Waals surface area contributed by atoms with Crippen LogP contribution in [0, 0.1) is 5.82 Å². The minimum atomic E-state index is -0.728. The van der Waals surface area contributed by atoms with Gasteiger partial charge in [-0.05, 0) is 44.4 Å². The highest BCUT2D eigenvalue weighted by molar-refractivity contribution is 5.55. The van der Waals surface area contributed by atoms with Gasteiger partial charge in [0.1, 0.15) is 5.82 Å². The molecule has 1 aliphatic heterocycles. The molecule has 0 bridgehead atoms. The molecule has 1 aliphatic rings. The van der Waals surface area contributed by atoms with Crippen molar-refractivity contribution in [3.8, 4) is 0 Å². The van der Waals surface area contributed by atoms with Crippen molar-refractivity contribution in [2.75, 3.05) is 24.5 Å². The van der Waals surface area contributed by atoms with E-state index in [-0.39, 0.29) is 5.82 Å². The zero-order valence-corrected chi connectivity index (χ0v) is 12.5. The first-order chi connectivity index (χ1) is 9.53. The molecule has 3 nitrogen and oxygen atoms in total. The number of nitrogens with zero attached hydrogens (tertiary/aromatic N) is 1.